The summed E-state index contributed by atoms with van der Waals surface area (Å²) in [5, 5.41) is 19.7. The largest absolute Gasteiger partial charge is 0.467 e. The van der Waals surface area contributed by atoms with E-state index in [0.717, 1.165) is 12.0 Å². The third-order valence-electron chi connectivity index (χ3n) is 4.09. The maximum atomic E-state index is 12.6. The Morgan fingerprint density at radius 3 is 2.42 bits per heavy atom. The van der Waals surface area contributed by atoms with Crippen molar-refractivity contribution in [1.29, 1.82) is 5.26 Å². The Kier molecular flexibility index (Phi) is 6.98. The second-order valence-corrected chi connectivity index (χ2v) is 7.04. The number of nitriles is 1. The molecule has 0 aromatic carbocycles. The fraction of sp³-hybridized carbons (Fsp3) is 0.765. The van der Waals surface area contributed by atoms with Gasteiger partial charge in [-0.1, -0.05) is 0 Å². The molecule has 0 aromatic heterocycles. The van der Waals surface area contributed by atoms with Crippen LogP contribution < -0.4 is 0 Å². The van der Waals surface area contributed by atoms with Crippen molar-refractivity contribution in [1.82, 2.24) is 4.90 Å². The maximum Gasteiger partial charge on any atom is 0.413 e. The molecule has 0 spiro atoms. The molecule has 0 saturated carbocycles. The van der Waals surface area contributed by atoms with Gasteiger partial charge >= 0.3 is 18.0 Å². The number of ether oxygens (including phenoxy) is 3. The van der Waals surface area contributed by atoms with E-state index in [4.69, 9.17) is 19.5 Å². The molecular weight excluding hydrogens is 344 g/mol. The first-order valence-electron chi connectivity index (χ1n) is 8.35. The van der Waals surface area contributed by atoms with E-state index in [0.29, 0.717) is 0 Å². The van der Waals surface area contributed by atoms with Crippen molar-refractivity contribution >= 4 is 18.0 Å². The first kappa shape index (κ1) is 21.7. The predicted molar refractivity (Wildman–Crippen MR) is 88.4 cm³/mol. The third-order valence-corrected chi connectivity index (χ3v) is 4.09. The van der Waals surface area contributed by atoms with Crippen LogP contribution in [0.25, 0.3) is 0 Å². The van der Waals surface area contributed by atoms with Gasteiger partial charge < -0.3 is 19.3 Å². The maximum absolute atomic E-state index is 12.6. The summed E-state index contributed by atoms with van der Waals surface area (Å²) in [6.07, 6.45) is -3.00. The Morgan fingerprint density at radius 2 is 1.96 bits per heavy atom. The van der Waals surface area contributed by atoms with Crippen molar-refractivity contribution in [2.45, 2.75) is 64.8 Å². The van der Waals surface area contributed by atoms with Gasteiger partial charge in [-0.05, 0) is 40.5 Å². The summed E-state index contributed by atoms with van der Waals surface area (Å²) in [6, 6.07) is 0.679. The molecule has 1 heterocycles. The van der Waals surface area contributed by atoms with Crippen LogP contribution in [-0.2, 0) is 23.8 Å². The van der Waals surface area contributed by atoms with E-state index >= 15 is 0 Å². The first-order chi connectivity index (χ1) is 12.0. The molecule has 1 saturated heterocycles. The van der Waals surface area contributed by atoms with E-state index in [-0.39, 0.29) is 25.9 Å². The smallest absolute Gasteiger partial charge is 0.413 e. The van der Waals surface area contributed by atoms with Gasteiger partial charge in [0.15, 0.2) is 0 Å². The number of esters is 2. The van der Waals surface area contributed by atoms with Crippen LogP contribution in [0.1, 0.15) is 47.0 Å². The van der Waals surface area contributed by atoms with E-state index in [2.05, 4.69) is 0 Å². The van der Waals surface area contributed by atoms with E-state index < -0.39 is 41.3 Å². The molecule has 0 aromatic rings. The Morgan fingerprint density at radius 1 is 1.35 bits per heavy atom. The Labute approximate surface area is 152 Å². The average molecular weight is 370 g/mol. The average Bonchev–Trinajstić information content (AvgIpc) is 2.85. The summed E-state index contributed by atoms with van der Waals surface area (Å²) in [4.78, 5) is 38.1. The molecule has 0 radical (unpaired) electrons. The van der Waals surface area contributed by atoms with Crippen LogP contribution in [0.15, 0.2) is 0 Å². The minimum absolute atomic E-state index is 0.0508. The molecule has 146 valence electrons. The normalized spacial score (nSPS) is 25.3. The van der Waals surface area contributed by atoms with E-state index in [1.54, 1.807) is 27.7 Å². The van der Waals surface area contributed by atoms with Crippen LogP contribution in [0.2, 0.25) is 0 Å². The zero-order valence-electron chi connectivity index (χ0n) is 15.8. The van der Waals surface area contributed by atoms with Gasteiger partial charge in [-0.2, -0.15) is 5.26 Å². The number of methoxy groups -OCH3 is 1. The lowest BCUT2D eigenvalue weighted by Gasteiger charge is -2.33. The number of amides is 1. The van der Waals surface area contributed by atoms with Crippen LogP contribution in [0.4, 0.5) is 4.79 Å². The molecular formula is C17H26N2O7. The molecule has 1 fully saturated rings. The summed E-state index contributed by atoms with van der Waals surface area (Å²) >= 11 is 0. The van der Waals surface area contributed by atoms with Crippen LogP contribution in [0, 0.1) is 16.7 Å². The quantitative estimate of drug-likeness (QED) is 0.567. The first-order valence-corrected chi connectivity index (χ1v) is 8.35. The molecule has 9 heteroatoms. The topological polar surface area (TPSA) is 126 Å². The summed E-state index contributed by atoms with van der Waals surface area (Å²) in [5.74, 6) is -1.57. The highest BCUT2D eigenvalue weighted by Crippen LogP contribution is 2.45. The number of hydrogen-bond acceptors (Lipinski definition) is 8. The van der Waals surface area contributed by atoms with Crippen LogP contribution in [-0.4, -0.2) is 59.6 Å². The lowest BCUT2D eigenvalue weighted by atomic mass is 9.79. The van der Waals surface area contributed by atoms with Gasteiger partial charge in [0.1, 0.15) is 23.3 Å². The molecule has 1 aliphatic heterocycles. The number of carbonyl (C=O) groups is 3. The molecule has 1 amide bonds. The monoisotopic (exact) mass is 370 g/mol. The molecule has 9 nitrogen and oxygen atoms in total. The zero-order valence-corrected chi connectivity index (χ0v) is 15.8. The van der Waals surface area contributed by atoms with Gasteiger partial charge in [0, 0.05) is 6.42 Å². The van der Waals surface area contributed by atoms with Crippen LogP contribution in [0.3, 0.4) is 0 Å². The molecule has 0 aliphatic carbocycles. The van der Waals surface area contributed by atoms with E-state index in [1.165, 1.54) is 0 Å². The van der Waals surface area contributed by atoms with Crippen LogP contribution in [0.5, 0.6) is 0 Å². The number of hydrogen-bond donors (Lipinski definition) is 1. The Hall–Kier alpha value is -2.34. The van der Waals surface area contributed by atoms with Gasteiger partial charge in [0.05, 0.1) is 19.8 Å². The standard InChI is InChI=1S/C17H26N2O7/c1-6-25-14(22)17(8-7-9-18)10-11(12(20)24-5)19(13(17)21)15(23)26-16(2,3)4/h11,13,21H,6-8,10H2,1-5H3/t11-,13?,17-/m0/s1. The highest BCUT2D eigenvalue weighted by molar-refractivity contribution is 5.87. The summed E-state index contributed by atoms with van der Waals surface area (Å²) in [6.45, 7) is 6.55. The Balaban J connectivity index is 3.34. The molecule has 1 N–H and O–H groups in total. The fourth-order valence-electron chi connectivity index (χ4n) is 2.94. The number of rotatable bonds is 5. The van der Waals surface area contributed by atoms with Gasteiger partial charge in [-0.3, -0.25) is 9.69 Å². The number of aliphatic hydroxyl groups excluding tert-OH is 1. The highest BCUT2D eigenvalue weighted by atomic mass is 16.6. The van der Waals surface area contributed by atoms with Crippen molar-refractivity contribution in [3.8, 4) is 6.07 Å². The summed E-state index contributed by atoms with van der Waals surface area (Å²) in [5.41, 5.74) is -2.49. The van der Waals surface area contributed by atoms with Crippen molar-refractivity contribution in [3.63, 3.8) is 0 Å². The predicted octanol–water partition coefficient (Wildman–Crippen LogP) is 1.34. The van der Waals surface area contributed by atoms with Gasteiger partial charge in [-0.25, -0.2) is 9.59 Å². The second-order valence-electron chi connectivity index (χ2n) is 7.04. The van der Waals surface area contributed by atoms with E-state index in [9.17, 15) is 19.5 Å². The molecule has 1 unspecified atom stereocenters. The number of aliphatic hydroxyl groups is 1. The summed E-state index contributed by atoms with van der Waals surface area (Å²) in [7, 11) is 1.14. The van der Waals surface area contributed by atoms with Crippen molar-refractivity contribution in [2.75, 3.05) is 13.7 Å². The Bertz CT molecular complexity index is 593. The molecule has 3 atom stereocenters. The highest BCUT2D eigenvalue weighted by Gasteiger charge is 2.61. The molecule has 26 heavy (non-hydrogen) atoms. The van der Waals surface area contributed by atoms with Gasteiger partial charge in [-0.15, -0.1) is 0 Å². The number of carbonyl (C=O) groups excluding carboxylic acids is 3. The van der Waals surface area contributed by atoms with Gasteiger partial charge in [0.2, 0.25) is 0 Å². The molecule has 0 bridgehead atoms. The minimum Gasteiger partial charge on any atom is -0.467 e. The van der Waals surface area contributed by atoms with Crippen molar-refractivity contribution < 1.29 is 33.7 Å². The number of nitrogens with zero attached hydrogens (tertiary/aromatic N) is 2. The van der Waals surface area contributed by atoms with Gasteiger partial charge in [0.25, 0.3) is 0 Å². The molecule has 1 aliphatic rings. The fourth-order valence-corrected chi connectivity index (χ4v) is 2.94. The van der Waals surface area contributed by atoms with Crippen molar-refractivity contribution in [3.05, 3.63) is 0 Å². The SMILES string of the molecule is CCOC(=O)[C@@]1(CCC#N)C[C@@H](C(=O)OC)N(C(=O)OC(C)(C)C)C1O. The molecule has 1 rings (SSSR count). The minimum atomic E-state index is -1.69. The lowest BCUT2D eigenvalue weighted by Crippen LogP contribution is -2.51. The second kappa shape index (κ2) is 8.36. The van der Waals surface area contributed by atoms with Crippen LogP contribution >= 0.6 is 0 Å². The third kappa shape index (κ3) is 4.43. The van der Waals surface area contributed by atoms with E-state index in [1.807, 2.05) is 6.07 Å². The van der Waals surface area contributed by atoms with Crippen molar-refractivity contribution in [2.24, 2.45) is 5.41 Å². The number of likely N-dealkylation sites (tertiary alicyclic amines) is 1. The zero-order chi connectivity index (χ0) is 20.1. The lowest BCUT2D eigenvalue weighted by molar-refractivity contribution is -0.166. The summed E-state index contributed by atoms with van der Waals surface area (Å²) < 4.78 is 15.0.